The van der Waals surface area contributed by atoms with E-state index in [0.29, 0.717) is 0 Å². The first-order chi connectivity index (χ1) is 6.35. The highest BCUT2D eigenvalue weighted by molar-refractivity contribution is 5.92. The number of carbonyl (C=O) groups is 2. The molecule has 14 heavy (non-hydrogen) atoms. The van der Waals surface area contributed by atoms with E-state index in [1.165, 1.54) is 7.11 Å². The second-order valence-electron chi connectivity index (χ2n) is 4.18. The first kappa shape index (κ1) is 11.0. The Morgan fingerprint density at radius 3 is 2.07 bits per heavy atom. The number of ether oxygens (including phenoxy) is 2. The van der Waals surface area contributed by atoms with Crippen LogP contribution in [0.5, 0.6) is 0 Å². The van der Waals surface area contributed by atoms with Gasteiger partial charge in [0.1, 0.15) is 17.7 Å². The summed E-state index contributed by atoms with van der Waals surface area (Å²) in [5.74, 6) is -0.839. The van der Waals surface area contributed by atoms with Gasteiger partial charge in [-0.15, -0.1) is 0 Å². The van der Waals surface area contributed by atoms with Crippen LogP contribution in [-0.4, -0.2) is 36.7 Å². The molecule has 1 saturated heterocycles. The molecule has 1 aliphatic heterocycles. The summed E-state index contributed by atoms with van der Waals surface area (Å²) in [5, 5.41) is 2.69. The third-order valence-corrected chi connectivity index (χ3v) is 1.70. The summed E-state index contributed by atoms with van der Waals surface area (Å²) >= 11 is 0. The van der Waals surface area contributed by atoms with Crippen LogP contribution in [0.15, 0.2) is 0 Å². The SMILES string of the molecule is COC(=O)C1NC1C(=O)OC(C)(C)C. The minimum absolute atomic E-state index is 0.409. The Morgan fingerprint density at radius 1 is 1.14 bits per heavy atom. The molecule has 5 nitrogen and oxygen atoms in total. The predicted molar refractivity (Wildman–Crippen MR) is 48.6 cm³/mol. The molecule has 0 aliphatic carbocycles. The summed E-state index contributed by atoms with van der Waals surface area (Å²) in [6.45, 7) is 5.33. The van der Waals surface area contributed by atoms with Crippen molar-refractivity contribution >= 4 is 11.9 Å². The molecule has 0 spiro atoms. The van der Waals surface area contributed by atoms with Crippen LogP contribution in [-0.2, 0) is 19.1 Å². The van der Waals surface area contributed by atoms with Crippen molar-refractivity contribution in [3.63, 3.8) is 0 Å². The zero-order valence-corrected chi connectivity index (χ0v) is 8.79. The van der Waals surface area contributed by atoms with E-state index in [9.17, 15) is 9.59 Å². The number of hydrogen-bond donors (Lipinski definition) is 1. The fraction of sp³-hybridized carbons (Fsp3) is 0.778. The Hall–Kier alpha value is -1.10. The van der Waals surface area contributed by atoms with Gasteiger partial charge in [-0.2, -0.15) is 0 Å². The van der Waals surface area contributed by atoms with Gasteiger partial charge in [0.25, 0.3) is 0 Å². The zero-order valence-electron chi connectivity index (χ0n) is 8.79. The monoisotopic (exact) mass is 201 g/mol. The molecule has 1 fully saturated rings. The molecule has 0 aromatic heterocycles. The number of hydrogen-bond acceptors (Lipinski definition) is 5. The van der Waals surface area contributed by atoms with Gasteiger partial charge in [-0.05, 0) is 20.8 Å². The van der Waals surface area contributed by atoms with E-state index < -0.39 is 29.6 Å². The lowest BCUT2D eigenvalue weighted by Crippen LogP contribution is -2.29. The maximum atomic E-state index is 11.4. The lowest BCUT2D eigenvalue weighted by atomic mass is 10.2. The average Bonchev–Trinajstić information content (AvgIpc) is 2.78. The van der Waals surface area contributed by atoms with Gasteiger partial charge in [-0.1, -0.05) is 0 Å². The van der Waals surface area contributed by atoms with E-state index in [-0.39, 0.29) is 0 Å². The molecular weight excluding hydrogens is 186 g/mol. The van der Waals surface area contributed by atoms with Crippen molar-refractivity contribution in [2.45, 2.75) is 38.5 Å². The van der Waals surface area contributed by atoms with Crippen LogP contribution >= 0.6 is 0 Å². The van der Waals surface area contributed by atoms with Gasteiger partial charge in [-0.25, -0.2) is 0 Å². The Morgan fingerprint density at radius 2 is 1.64 bits per heavy atom. The molecule has 0 radical (unpaired) electrons. The van der Waals surface area contributed by atoms with Crippen LogP contribution in [0.2, 0.25) is 0 Å². The highest BCUT2D eigenvalue weighted by Crippen LogP contribution is 2.17. The van der Waals surface area contributed by atoms with E-state index in [0.717, 1.165) is 0 Å². The van der Waals surface area contributed by atoms with Gasteiger partial charge < -0.3 is 9.47 Å². The standard InChI is InChI=1S/C9H15NO4/c1-9(2,3)14-8(12)6-5(10-6)7(11)13-4/h5-6,10H,1-4H3. The molecule has 1 aliphatic rings. The van der Waals surface area contributed by atoms with Crippen molar-refractivity contribution in [2.24, 2.45) is 0 Å². The smallest absolute Gasteiger partial charge is 0.325 e. The fourth-order valence-electron chi connectivity index (χ4n) is 1.04. The summed E-state index contributed by atoms with van der Waals surface area (Å²) in [7, 11) is 1.29. The van der Waals surface area contributed by atoms with Crippen LogP contribution in [0.4, 0.5) is 0 Å². The quantitative estimate of drug-likeness (QED) is 0.496. The zero-order chi connectivity index (χ0) is 10.9. The lowest BCUT2D eigenvalue weighted by Gasteiger charge is -2.18. The van der Waals surface area contributed by atoms with Crippen molar-refractivity contribution < 1.29 is 19.1 Å². The van der Waals surface area contributed by atoms with Gasteiger partial charge in [-0.3, -0.25) is 14.9 Å². The highest BCUT2D eigenvalue weighted by atomic mass is 16.6. The van der Waals surface area contributed by atoms with E-state index >= 15 is 0 Å². The minimum atomic E-state index is -0.540. The van der Waals surface area contributed by atoms with Gasteiger partial charge in [0.05, 0.1) is 7.11 Å². The number of nitrogens with one attached hydrogen (secondary N) is 1. The van der Waals surface area contributed by atoms with Gasteiger partial charge in [0.15, 0.2) is 0 Å². The van der Waals surface area contributed by atoms with Crippen LogP contribution in [0.25, 0.3) is 0 Å². The molecule has 1 N–H and O–H groups in total. The molecular formula is C9H15NO4. The highest BCUT2D eigenvalue weighted by Gasteiger charge is 2.50. The predicted octanol–water partition coefficient (Wildman–Crippen LogP) is -0.159. The minimum Gasteiger partial charge on any atom is -0.468 e. The van der Waals surface area contributed by atoms with Crippen molar-refractivity contribution in [3.8, 4) is 0 Å². The van der Waals surface area contributed by atoms with Crippen molar-refractivity contribution in [1.82, 2.24) is 5.32 Å². The van der Waals surface area contributed by atoms with Gasteiger partial charge in [0.2, 0.25) is 0 Å². The molecule has 1 rings (SSSR count). The normalized spacial score (nSPS) is 25.4. The van der Waals surface area contributed by atoms with Crippen molar-refractivity contribution in [2.75, 3.05) is 7.11 Å². The third-order valence-electron chi connectivity index (χ3n) is 1.70. The molecule has 0 aromatic rings. The number of carbonyl (C=O) groups excluding carboxylic acids is 2. The molecule has 5 heteroatoms. The van der Waals surface area contributed by atoms with E-state index in [4.69, 9.17) is 4.74 Å². The molecule has 1 heterocycles. The van der Waals surface area contributed by atoms with Crippen LogP contribution < -0.4 is 5.32 Å². The summed E-state index contributed by atoms with van der Waals surface area (Å²) in [6, 6.07) is -1.07. The maximum absolute atomic E-state index is 11.4. The fourth-order valence-corrected chi connectivity index (χ4v) is 1.04. The number of rotatable bonds is 2. The first-order valence-corrected chi connectivity index (χ1v) is 4.42. The van der Waals surface area contributed by atoms with Crippen LogP contribution in [0, 0.1) is 0 Å². The number of esters is 2. The third kappa shape index (κ3) is 2.70. The Balaban J connectivity index is 2.40. The van der Waals surface area contributed by atoms with Crippen molar-refractivity contribution in [1.29, 1.82) is 0 Å². The molecule has 0 amide bonds. The Kier molecular flexibility index (Phi) is 2.80. The van der Waals surface area contributed by atoms with Crippen molar-refractivity contribution in [3.05, 3.63) is 0 Å². The summed E-state index contributed by atoms with van der Waals surface area (Å²) < 4.78 is 9.55. The molecule has 0 bridgehead atoms. The van der Waals surface area contributed by atoms with Crippen LogP contribution in [0.1, 0.15) is 20.8 Å². The Labute approximate surface area is 82.8 Å². The Bertz CT molecular complexity index is 256. The second kappa shape index (κ2) is 3.57. The second-order valence-corrected chi connectivity index (χ2v) is 4.18. The lowest BCUT2D eigenvalue weighted by molar-refractivity contribution is -0.155. The topological polar surface area (TPSA) is 74.5 Å². The van der Waals surface area contributed by atoms with Gasteiger partial charge >= 0.3 is 11.9 Å². The summed E-state index contributed by atoms with van der Waals surface area (Å²) in [5.41, 5.74) is -0.526. The molecule has 2 atom stereocenters. The number of methoxy groups -OCH3 is 1. The van der Waals surface area contributed by atoms with E-state index in [2.05, 4.69) is 10.1 Å². The van der Waals surface area contributed by atoms with Gasteiger partial charge in [0, 0.05) is 0 Å². The first-order valence-electron chi connectivity index (χ1n) is 4.42. The average molecular weight is 201 g/mol. The molecule has 80 valence electrons. The molecule has 2 unspecified atom stereocenters. The molecule has 0 saturated carbocycles. The largest absolute Gasteiger partial charge is 0.468 e. The van der Waals surface area contributed by atoms with E-state index in [1.54, 1.807) is 20.8 Å². The molecule has 0 aromatic carbocycles. The van der Waals surface area contributed by atoms with E-state index in [1.807, 2.05) is 0 Å². The summed E-state index contributed by atoms with van der Waals surface area (Å²) in [6.07, 6.45) is 0. The maximum Gasteiger partial charge on any atom is 0.325 e. The summed E-state index contributed by atoms with van der Waals surface area (Å²) in [4.78, 5) is 22.3. The van der Waals surface area contributed by atoms with Crippen LogP contribution in [0.3, 0.4) is 0 Å².